The number of carbonyl (C=O) groups is 6. The Balaban J connectivity index is 2.61. The van der Waals surface area contributed by atoms with Gasteiger partial charge < -0.3 is 51.2 Å². The summed E-state index contributed by atoms with van der Waals surface area (Å²) in [6.45, 7) is 7.75. The molecule has 1 saturated heterocycles. The zero-order valence-corrected chi connectivity index (χ0v) is 34.5. The molecule has 7 N–H and O–H groups in total. The molecule has 324 valence electrons. The molecule has 2 aliphatic rings. The topological polar surface area (TPSA) is 273 Å². The summed E-state index contributed by atoms with van der Waals surface area (Å²) in [4.78, 5) is 85.8. The molecule has 0 aromatic heterocycles. The maximum atomic E-state index is 14.3. The highest BCUT2D eigenvalue weighted by Gasteiger charge is 2.39. The van der Waals surface area contributed by atoms with E-state index in [9.17, 15) is 39.0 Å². The molecule has 0 radical (unpaired) electrons. The Kier molecular flexibility index (Phi) is 22.3. The maximum absolute atomic E-state index is 14.3. The van der Waals surface area contributed by atoms with Crippen molar-refractivity contribution < 1.29 is 48.5 Å². The van der Waals surface area contributed by atoms with Gasteiger partial charge in [-0.25, -0.2) is 4.79 Å². The van der Waals surface area contributed by atoms with Crippen LogP contribution in [0.4, 0.5) is 4.79 Å². The van der Waals surface area contributed by atoms with Gasteiger partial charge in [0, 0.05) is 18.0 Å². The SMILES string of the molecule is CCCCCC[C@H]1OC[C@@H](C)NC(=O)[C@H](COCC(O)CN=[N+]=[N-])NC(=O)[C@H](CNC(=O)O)NC(=O)[C@H](C2CCCCC2)NC(=O)[C@H](CC(C)C)N(C)C(=O)[C@@H]1C. The molecule has 1 aliphatic carbocycles. The van der Waals surface area contributed by atoms with Gasteiger partial charge in [-0.05, 0) is 50.0 Å². The van der Waals surface area contributed by atoms with E-state index >= 15 is 0 Å². The lowest BCUT2D eigenvalue weighted by atomic mass is 9.83. The van der Waals surface area contributed by atoms with Crippen molar-refractivity contribution in [1.82, 2.24) is 31.5 Å². The zero-order valence-electron chi connectivity index (χ0n) is 34.5. The number of aliphatic hydroxyl groups is 1. The number of hydrogen-bond donors (Lipinski definition) is 7. The first-order valence-electron chi connectivity index (χ1n) is 20.4. The number of azide groups is 1. The minimum absolute atomic E-state index is 0.00170. The van der Waals surface area contributed by atoms with Gasteiger partial charge in [0.05, 0.1) is 51.0 Å². The van der Waals surface area contributed by atoms with Gasteiger partial charge in [-0.15, -0.1) is 0 Å². The molecule has 0 spiro atoms. The van der Waals surface area contributed by atoms with Crippen molar-refractivity contribution in [3.8, 4) is 0 Å². The Morgan fingerprint density at radius 3 is 2.28 bits per heavy atom. The van der Waals surface area contributed by atoms with E-state index in [1.54, 1.807) is 20.9 Å². The Morgan fingerprint density at radius 1 is 0.982 bits per heavy atom. The highest BCUT2D eigenvalue weighted by atomic mass is 16.5. The highest BCUT2D eigenvalue weighted by molar-refractivity contribution is 5.96. The molecular formula is C38H67N9O10. The van der Waals surface area contributed by atoms with Crippen LogP contribution in [0.15, 0.2) is 5.11 Å². The molecule has 6 amide bonds. The van der Waals surface area contributed by atoms with E-state index in [1.165, 1.54) is 4.90 Å². The van der Waals surface area contributed by atoms with E-state index in [1.807, 2.05) is 13.8 Å². The highest BCUT2D eigenvalue weighted by Crippen LogP contribution is 2.28. The fraction of sp³-hybridized carbons (Fsp3) is 0.842. The van der Waals surface area contributed by atoms with Crippen molar-refractivity contribution in [1.29, 1.82) is 0 Å². The first-order valence-corrected chi connectivity index (χ1v) is 20.4. The minimum Gasteiger partial charge on any atom is -0.465 e. The van der Waals surface area contributed by atoms with Crippen LogP contribution in [0.25, 0.3) is 10.4 Å². The van der Waals surface area contributed by atoms with Gasteiger partial charge in [0.1, 0.15) is 24.2 Å². The molecule has 57 heavy (non-hydrogen) atoms. The Labute approximate surface area is 336 Å². The predicted octanol–water partition coefficient (Wildman–Crippen LogP) is 2.36. The quantitative estimate of drug-likeness (QED) is 0.0518. The third-order valence-electron chi connectivity index (χ3n) is 10.4. The second-order valence-corrected chi connectivity index (χ2v) is 15.8. The fourth-order valence-electron chi connectivity index (χ4n) is 7.16. The molecule has 2 fully saturated rings. The summed E-state index contributed by atoms with van der Waals surface area (Å²) in [5.74, 6) is -4.15. The van der Waals surface area contributed by atoms with Gasteiger partial charge in [-0.3, -0.25) is 24.0 Å². The number of carbonyl (C=O) groups excluding carboxylic acids is 5. The second-order valence-electron chi connectivity index (χ2n) is 15.8. The number of hydrogen-bond acceptors (Lipinski definition) is 10. The lowest BCUT2D eigenvalue weighted by Gasteiger charge is -2.36. The third kappa shape index (κ3) is 17.5. The van der Waals surface area contributed by atoms with Crippen molar-refractivity contribution in [2.45, 2.75) is 148 Å². The van der Waals surface area contributed by atoms with Crippen LogP contribution in [-0.2, 0) is 33.4 Å². The Morgan fingerprint density at radius 2 is 1.65 bits per heavy atom. The van der Waals surface area contributed by atoms with Gasteiger partial charge >= 0.3 is 6.09 Å². The van der Waals surface area contributed by atoms with E-state index in [4.69, 9.17) is 15.0 Å². The molecular weight excluding hydrogens is 742 g/mol. The van der Waals surface area contributed by atoms with Crippen LogP contribution in [0.5, 0.6) is 0 Å². The summed E-state index contributed by atoms with van der Waals surface area (Å²) >= 11 is 0. The molecule has 8 atom stereocenters. The minimum atomic E-state index is -1.53. The predicted molar refractivity (Wildman–Crippen MR) is 211 cm³/mol. The Hall–Kier alpha value is -4.19. The number of ether oxygens (including phenoxy) is 2. The zero-order chi connectivity index (χ0) is 42.5. The lowest BCUT2D eigenvalue weighted by molar-refractivity contribution is -0.147. The van der Waals surface area contributed by atoms with Crippen LogP contribution in [0, 0.1) is 17.8 Å². The van der Waals surface area contributed by atoms with Crippen LogP contribution in [0.1, 0.15) is 105 Å². The van der Waals surface area contributed by atoms with Gasteiger partial charge in [-0.1, -0.05) is 77.8 Å². The van der Waals surface area contributed by atoms with E-state index in [0.29, 0.717) is 25.7 Å². The number of carboxylic acid groups (broad SMARTS) is 1. The number of likely N-dealkylation sites (N-methyl/N-ethyl adjacent to an activating group) is 1. The molecule has 1 unspecified atom stereocenters. The average molecular weight is 810 g/mol. The first kappa shape index (κ1) is 49.0. The lowest BCUT2D eigenvalue weighted by Crippen LogP contribution is -2.62. The number of nitrogens with zero attached hydrogens (tertiary/aromatic N) is 4. The Bertz CT molecular complexity index is 1360. The summed E-state index contributed by atoms with van der Waals surface area (Å²) in [7, 11) is 1.58. The van der Waals surface area contributed by atoms with Gasteiger partial charge in [0.15, 0.2) is 0 Å². The van der Waals surface area contributed by atoms with Gasteiger partial charge in [0.25, 0.3) is 0 Å². The third-order valence-corrected chi connectivity index (χ3v) is 10.4. The summed E-state index contributed by atoms with van der Waals surface area (Å²) in [5, 5.41) is 35.8. The van der Waals surface area contributed by atoms with Crippen molar-refractivity contribution >= 4 is 35.6 Å². The number of rotatable bonds is 16. The summed E-state index contributed by atoms with van der Waals surface area (Å²) < 4.78 is 11.9. The molecule has 1 heterocycles. The molecule has 2 rings (SSSR count). The molecule has 19 nitrogen and oxygen atoms in total. The van der Waals surface area contributed by atoms with Crippen molar-refractivity contribution in [2.75, 3.05) is 40.0 Å². The number of nitrogens with one attached hydrogen (secondary N) is 5. The van der Waals surface area contributed by atoms with Crippen molar-refractivity contribution in [3.63, 3.8) is 0 Å². The fourth-order valence-corrected chi connectivity index (χ4v) is 7.16. The number of aliphatic hydroxyl groups excluding tert-OH is 1. The molecule has 19 heteroatoms. The monoisotopic (exact) mass is 810 g/mol. The smallest absolute Gasteiger partial charge is 0.404 e. The van der Waals surface area contributed by atoms with Crippen LogP contribution < -0.4 is 26.6 Å². The molecule has 1 aliphatic heterocycles. The van der Waals surface area contributed by atoms with Crippen LogP contribution >= 0.6 is 0 Å². The average Bonchev–Trinajstić information content (AvgIpc) is 3.17. The summed E-state index contributed by atoms with van der Waals surface area (Å²) in [6, 6.07) is -5.62. The normalized spacial score (nSPS) is 27.1. The maximum Gasteiger partial charge on any atom is 0.404 e. The van der Waals surface area contributed by atoms with Crippen molar-refractivity contribution in [2.24, 2.45) is 22.9 Å². The second kappa shape index (κ2) is 25.9. The largest absolute Gasteiger partial charge is 0.465 e. The van der Waals surface area contributed by atoms with Crippen molar-refractivity contribution in [3.05, 3.63) is 10.4 Å². The van der Waals surface area contributed by atoms with Crippen LogP contribution in [0.3, 0.4) is 0 Å². The van der Waals surface area contributed by atoms with E-state index in [2.05, 4.69) is 43.5 Å². The number of unbranched alkanes of at least 4 members (excludes halogenated alkanes) is 3. The first-order chi connectivity index (χ1) is 27.1. The summed E-state index contributed by atoms with van der Waals surface area (Å²) in [5.41, 5.74) is 8.57. The molecule has 1 saturated carbocycles. The van der Waals surface area contributed by atoms with Gasteiger partial charge in [0.2, 0.25) is 29.5 Å². The molecule has 0 aromatic rings. The molecule has 0 aromatic carbocycles. The van der Waals surface area contributed by atoms with E-state index in [-0.39, 0.29) is 37.5 Å². The summed E-state index contributed by atoms with van der Waals surface area (Å²) in [6.07, 6.45) is 5.21. The van der Waals surface area contributed by atoms with E-state index in [0.717, 1.165) is 44.9 Å². The van der Waals surface area contributed by atoms with Gasteiger partial charge in [-0.2, -0.15) is 0 Å². The number of amides is 6. The standard InChI is InChI=1S/C38H67N9O10/c1-7-8-9-13-16-31-25(5)37(53)47(6)30(17-23(2)3)35(51)45-32(26-14-11-10-12-15-26)36(52)43-28(19-40-38(54)55)33(49)44-29(34(50)42-24(4)20-57-31)22-56-21-27(48)18-41-46-39/h23-32,40,48H,7-22H2,1-6H3,(H,42,50)(H,43,52)(H,44,49)(H,45,51)(H,54,55)/t24-,25-,27?,28+,29+,30+,31-,32+/m1/s1. The molecule has 0 bridgehead atoms. The van der Waals surface area contributed by atoms with E-state index < -0.39 is 91.2 Å². The van der Waals surface area contributed by atoms with Crippen LogP contribution in [-0.4, -0.2) is 133 Å². The van der Waals surface area contributed by atoms with Crippen LogP contribution in [0.2, 0.25) is 0 Å².